The van der Waals surface area contributed by atoms with Crippen LogP contribution in [0, 0.1) is 6.92 Å². The summed E-state index contributed by atoms with van der Waals surface area (Å²) in [6, 6.07) is 17.5. The number of carboxylic acids is 1. The fourth-order valence-electron chi connectivity index (χ4n) is 3.99. The molecule has 1 N–H and O–H groups in total. The number of methoxy groups -OCH3 is 1. The van der Waals surface area contributed by atoms with Crippen molar-refractivity contribution < 1.29 is 28.9 Å². The number of nitrogens with zero attached hydrogens (tertiary/aromatic N) is 2. The van der Waals surface area contributed by atoms with Gasteiger partial charge in [0.15, 0.2) is 23.0 Å². The summed E-state index contributed by atoms with van der Waals surface area (Å²) in [6.07, 6.45) is 0. The fraction of sp³-hybridized carbons (Fsp3) is 0.148. The Bertz CT molecular complexity index is 1520. The largest absolute Gasteiger partial charge is 0.497 e. The number of hydrogen-bond donors (Lipinski definition) is 1. The number of aryl methyl sites for hydroxylation is 1. The van der Waals surface area contributed by atoms with Gasteiger partial charge >= 0.3 is 5.97 Å². The monoisotopic (exact) mass is 536 g/mol. The van der Waals surface area contributed by atoms with Gasteiger partial charge in [0.05, 0.1) is 13.7 Å². The smallest absolute Gasteiger partial charge is 0.355 e. The number of aromatic nitrogens is 2. The van der Waals surface area contributed by atoms with E-state index in [1.165, 1.54) is 4.57 Å². The molecule has 0 unspecified atom stereocenters. The Hall–Kier alpha value is -3.95. The second-order valence-electron chi connectivity index (χ2n) is 8.20. The van der Waals surface area contributed by atoms with Crippen LogP contribution in [0.4, 0.5) is 0 Å². The fourth-order valence-corrected chi connectivity index (χ4v) is 5.13. The molecule has 0 amide bonds. The lowest BCUT2D eigenvalue weighted by Gasteiger charge is -2.13. The van der Waals surface area contributed by atoms with E-state index in [2.05, 4.69) is 4.98 Å². The third kappa shape index (κ3) is 4.87. The summed E-state index contributed by atoms with van der Waals surface area (Å²) in [5, 5.41) is 10.8. The van der Waals surface area contributed by atoms with Gasteiger partial charge in [-0.3, -0.25) is 4.79 Å². The van der Waals surface area contributed by atoms with Crippen LogP contribution in [0.2, 0.25) is 5.02 Å². The number of halogens is 1. The third-order valence-electron chi connectivity index (χ3n) is 5.88. The van der Waals surface area contributed by atoms with E-state index in [-0.39, 0.29) is 35.7 Å². The van der Waals surface area contributed by atoms with Crippen LogP contribution in [-0.4, -0.2) is 40.3 Å². The first-order chi connectivity index (χ1) is 17.9. The number of carbonyl (C=O) groups excluding carboxylic acids is 1. The van der Waals surface area contributed by atoms with Crippen LogP contribution in [-0.2, 0) is 6.54 Å². The number of imidazole rings is 1. The second-order valence-corrected chi connectivity index (χ2v) is 9.67. The molecule has 5 rings (SSSR count). The summed E-state index contributed by atoms with van der Waals surface area (Å²) in [5.41, 5.74) is 1.63. The molecule has 0 saturated carbocycles. The molecule has 0 aliphatic carbocycles. The molecule has 0 spiro atoms. The maximum atomic E-state index is 13.7. The maximum Gasteiger partial charge on any atom is 0.355 e. The Kier molecular flexibility index (Phi) is 6.82. The molecule has 0 atom stereocenters. The molecule has 3 aromatic carbocycles. The predicted molar refractivity (Wildman–Crippen MR) is 138 cm³/mol. The minimum absolute atomic E-state index is 0.00329. The van der Waals surface area contributed by atoms with Crippen molar-refractivity contribution in [3.05, 3.63) is 93.9 Å². The van der Waals surface area contributed by atoms with Gasteiger partial charge in [-0.25, -0.2) is 9.78 Å². The number of carboxylic acid groups (broad SMARTS) is 1. The summed E-state index contributed by atoms with van der Waals surface area (Å²) in [5.74, 6) is 0.0571. The maximum absolute atomic E-state index is 13.7. The van der Waals surface area contributed by atoms with Gasteiger partial charge in [-0.2, -0.15) is 0 Å². The van der Waals surface area contributed by atoms with Gasteiger partial charge in [-0.15, -0.1) is 0 Å². The molecule has 1 aliphatic rings. The first-order valence-electron chi connectivity index (χ1n) is 11.2. The topological polar surface area (TPSA) is 99.9 Å². The van der Waals surface area contributed by atoms with Crippen molar-refractivity contribution in [2.75, 3.05) is 13.9 Å². The molecule has 8 nitrogen and oxygen atoms in total. The minimum Gasteiger partial charge on any atom is -0.497 e. The lowest BCUT2D eigenvalue weighted by molar-refractivity contribution is 0.0681. The molecular weight excluding hydrogens is 516 g/mol. The van der Waals surface area contributed by atoms with Crippen LogP contribution in [0.15, 0.2) is 70.6 Å². The first kappa shape index (κ1) is 24.7. The quantitative estimate of drug-likeness (QED) is 0.286. The molecule has 0 fully saturated rings. The van der Waals surface area contributed by atoms with Crippen molar-refractivity contribution in [3.63, 3.8) is 0 Å². The number of ether oxygens (including phenoxy) is 3. The zero-order chi connectivity index (χ0) is 26.1. The van der Waals surface area contributed by atoms with Gasteiger partial charge < -0.3 is 23.9 Å². The number of fused-ring (bicyclic) bond motifs is 1. The highest BCUT2D eigenvalue weighted by molar-refractivity contribution is 7.99. The van der Waals surface area contributed by atoms with Crippen LogP contribution in [0.3, 0.4) is 0 Å². The van der Waals surface area contributed by atoms with E-state index in [1.54, 1.807) is 55.6 Å². The Morgan fingerprint density at radius 2 is 1.81 bits per heavy atom. The standard InChI is InChI=1S/C27H21ClN2O6S/c1-15-5-3-4-6-19(15)24(31)25-29-26(37-18-9-7-17(34-2)8-10-18)23(27(32)33)30(25)13-16-11-21-22(12-20(16)28)36-14-35-21/h3-12H,13-14H2,1-2H3,(H,32,33). The molecule has 2 heterocycles. The van der Waals surface area contributed by atoms with Gasteiger partial charge in [-0.1, -0.05) is 47.6 Å². The van der Waals surface area contributed by atoms with E-state index in [1.807, 2.05) is 19.1 Å². The molecule has 10 heteroatoms. The van der Waals surface area contributed by atoms with E-state index < -0.39 is 5.97 Å². The molecule has 37 heavy (non-hydrogen) atoms. The third-order valence-corrected chi connectivity index (χ3v) is 7.21. The van der Waals surface area contributed by atoms with Gasteiger partial charge in [0.25, 0.3) is 0 Å². The zero-order valence-electron chi connectivity index (χ0n) is 19.9. The minimum atomic E-state index is -1.22. The summed E-state index contributed by atoms with van der Waals surface area (Å²) in [4.78, 5) is 31.5. The van der Waals surface area contributed by atoms with Crippen LogP contribution >= 0.6 is 23.4 Å². The van der Waals surface area contributed by atoms with E-state index >= 15 is 0 Å². The van der Waals surface area contributed by atoms with Gasteiger partial charge in [-0.05, 0) is 48.4 Å². The number of hydrogen-bond acceptors (Lipinski definition) is 7. The van der Waals surface area contributed by atoms with Gasteiger partial charge in [0.1, 0.15) is 10.8 Å². The van der Waals surface area contributed by atoms with Crippen molar-refractivity contribution in [1.82, 2.24) is 9.55 Å². The molecule has 188 valence electrons. The van der Waals surface area contributed by atoms with Crippen molar-refractivity contribution >= 4 is 35.1 Å². The van der Waals surface area contributed by atoms with Crippen LogP contribution in [0.1, 0.15) is 37.8 Å². The highest BCUT2D eigenvalue weighted by atomic mass is 35.5. The molecule has 1 aliphatic heterocycles. The first-order valence-corrected chi connectivity index (χ1v) is 12.4. The highest BCUT2D eigenvalue weighted by Crippen LogP contribution is 2.38. The van der Waals surface area contributed by atoms with E-state index in [0.717, 1.165) is 22.2 Å². The summed E-state index contributed by atoms with van der Waals surface area (Å²) < 4.78 is 17.5. The van der Waals surface area contributed by atoms with E-state index in [9.17, 15) is 14.7 Å². The second kappa shape index (κ2) is 10.2. The Balaban J connectivity index is 1.64. The Morgan fingerprint density at radius 3 is 2.49 bits per heavy atom. The molecule has 1 aromatic heterocycles. The molecular formula is C27H21ClN2O6S. The lowest BCUT2D eigenvalue weighted by atomic mass is 10.0. The number of rotatable bonds is 8. The van der Waals surface area contributed by atoms with Gasteiger partial charge in [0, 0.05) is 21.5 Å². The number of carbonyl (C=O) groups is 2. The highest BCUT2D eigenvalue weighted by Gasteiger charge is 2.29. The van der Waals surface area contributed by atoms with Crippen LogP contribution in [0.25, 0.3) is 0 Å². The van der Waals surface area contributed by atoms with Crippen molar-refractivity contribution in [3.8, 4) is 17.2 Å². The summed E-state index contributed by atoms with van der Waals surface area (Å²) in [6.45, 7) is 1.88. The molecule has 0 bridgehead atoms. The number of aromatic carboxylic acids is 1. The van der Waals surface area contributed by atoms with E-state index in [4.69, 9.17) is 25.8 Å². The van der Waals surface area contributed by atoms with Crippen LogP contribution in [0.5, 0.6) is 17.2 Å². The molecule has 0 radical (unpaired) electrons. The predicted octanol–water partition coefficient (Wildman–Crippen LogP) is 5.71. The summed E-state index contributed by atoms with van der Waals surface area (Å²) in [7, 11) is 1.57. The molecule has 4 aromatic rings. The Labute approximate surface area is 221 Å². The molecule has 0 saturated heterocycles. The summed E-state index contributed by atoms with van der Waals surface area (Å²) >= 11 is 7.66. The average molecular weight is 537 g/mol. The van der Waals surface area contributed by atoms with E-state index in [0.29, 0.717) is 33.4 Å². The SMILES string of the molecule is COc1ccc(Sc2nc(C(=O)c3ccccc3C)n(Cc3cc4c(cc3Cl)OCO4)c2C(=O)O)cc1. The number of benzene rings is 3. The Morgan fingerprint density at radius 1 is 1.11 bits per heavy atom. The van der Waals surface area contributed by atoms with Crippen molar-refractivity contribution in [2.45, 2.75) is 23.4 Å². The average Bonchev–Trinajstić information content (AvgIpc) is 3.48. The lowest BCUT2D eigenvalue weighted by Crippen LogP contribution is -2.17. The normalized spacial score (nSPS) is 12.0. The van der Waals surface area contributed by atoms with Crippen molar-refractivity contribution in [2.24, 2.45) is 0 Å². The van der Waals surface area contributed by atoms with Gasteiger partial charge in [0.2, 0.25) is 12.6 Å². The zero-order valence-corrected chi connectivity index (χ0v) is 21.4. The number of ketones is 1. The van der Waals surface area contributed by atoms with Crippen molar-refractivity contribution in [1.29, 1.82) is 0 Å². The van der Waals surface area contributed by atoms with Crippen LogP contribution < -0.4 is 14.2 Å².